The molecular formula is C12H20Cl2N3O-. The van der Waals surface area contributed by atoms with Crippen LogP contribution in [0.2, 0.25) is 0 Å². The summed E-state index contributed by atoms with van der Waals surface area (Å²) < 4.78 is 0. The van der Waals surface area contributed by atoms with Gasteiger partial charge in [-0.1, -0.05) is 7.43 Å². The van der Waals surface area contributed by atoms with Gasteiger partial charge in [0.15, 0.2) is 0 Å². The van der Waals surface area contributed by atoms with Crippen molar-refractivity contribution in [2.75, 3.05) is 19.5 Å². The van der Waals surface area contributed by atoms with Gasteiger partial charge in [-0.2, -0.15) is 0 Å². The van der Waals surface area contributed by atoms with Gasteiger partial charge in [0.05, 0.1) is 6.67 Å². The topological polar surface area (TPSA) is 52.7 Å². The maximum Gasteiger partial charge on any atom is 0.120 e. The molecule has 0 unspecified atom stereocenters. The van der Waals surface area contributed by atoms with Crippen molar-refractivity contribution < 1.29 is 17.5 Å². The normalized spacial score (nSPS) is 12.5. The highest BCUT2D eigenvalue weighted by Crippen LogP contribution is 2.22. The first-order chi connectivity index (χ1) is 7.15. The lowest BCUT2D eigenvalue weighted by Gasteiger charge is -2.18. The lowest BCUT2D eigenvalue weighted by Crippen LogP contribution is -3.00. The van der Waals surface area contributed by atoms with Gasteiger partial charge in [0.25, 0.3) is 0 Å². The number of hydrogen-bond acceptors (Lipinski definition) is 4. The molecule has 0 bridgehead atoms. The Hall–Kier alpha value is -1.26. The summed E-state index contributed by atoms with van der Waals surface area (Å²) in [6.45, 7) is 1.52. The highest BCUT2D eigenvalue weighted by Gasteiger charge is 2.11. The van der Waals surface area contributed by atoms with Crippen LogP contribution in [0.3, 0.4) is 0 Å². The van der Waals surface area contributed by atoms with E-state index < -0.39 is 0 Å². The third kappa shape index (κ3) is 4.55. The molecule has 0 saturated carbocycles. The first-order valence-electron chi connectivity index (χ1n) is 4.85. The fraction of sp³-hybridized carbons (Fsp3) is 0.333. The highest BCUT2D eigenvalue weighted by atomic mass is 35.5. The number of hydrogen-bond donors (Lipinski definition) is 2. The van der Waals surface area contributed by atoms with E-state index in [1.165, 1.54) is 0 Å². The van der Waals surface area contributed by atoms with Crippen molar-refractivity contribution in [2.24, 2.45) is 0 Å². The van der Waals surface area contributed by atoms with Crippen molar-refractivity contribution in [1.29, 1.82) is 0 Å². The van der Waals surface area contributed by atoms with Gasteiger partial charge in [0.2, 0.25) is 0 Å². The fourth-order valence-corrected chi connectivity index (χ4v) is 1.64. The van der Waals surface area contributed by atoms with Crippen LogP contribution in [-0.2, 0) is 6.54 Å². The molecule has 1 aromatic carbocycles. The Morgan fingerprint density at radius 3 is 2.56 bits per heavy atom. The number of benzene rings is 1. The molecule has 0 aromatic heterocycles. The van der Waals surface area contributed by atoms with E-state index in [2.05, 4.69) is 9.80 Å². The summed E-state index contributed by atoms with van der Waals surface area (Å²) in [7, 11) is 2.01. The molecule has 1 aromatic rings. The van der Waals surface area contributed by atoms with Crippen molar-refractivity contribution in [1.82, 2.24) is 9.80 Å². The van der Waals surface area contributed by atoms with Crippen LogP contribution in [0.5, 0.6) is 5.75 Å². The van der Waals surface area contributed by atoms with Gasteiger partial charge in [0.1, 0.15) is 5.75 Å². The summed E-state index contributed by atoms with van der Waals surface area (Å²) in [5.41, 5.74) is 7.21. The summed E-state index contributed by atoms with van der Waals surface area (Å²) in [5, 5.41) is 9.64. The number of rotatable bonds is 2. The molecule has 0 saturated heterocycles. The molecule has 4 nitrogen and oxygen atoms in total. The molecule has 0 radical (unpaired) electrons. The SMILES string of the molecule is C.CN1C=CN(Cc2cc(N)ccc2O)C1.Cl.[Cl-]. The first-order valence-corrected chi connectivity index (χ1v) is 4.85. The van der Waals surface area contributed by atoms with Gasteiger partial charge >= 0.3 is 0 Å². The molecule has 2 rings (SSSR count). The number of nitrogens with zero attached hydrogens (tertiary/aromatic N) is 2. The number of aromatic hydroxyl groups is 1. The second-order valence-electron chi connectivity index (χ2n) is 3.83. The molecule has 0 fully saturated rings. The van der Waals surface area contributed by atoms with E-state index in [1.54, 1.807) is 12.1 Å². The monoisotopic (exact) mass is 292 g/mol. The number of phenolic OH excluding ortho intramolecular Hbond substituents is 1. The Labute approximate surface area is 121 Å². The second kappa shape index (κ2) is 7.95. The Kier molecular flexibility index (Phi) is 8.43. The fourth-order valence-electron chi connectivity index (χ4n) is 1.64. The average Bonchev–Trinajstić information content (AvgIpc) is 2.58. The van der Waals surface area contributed by atoms with Gasteiger partial charge < -0.3 is 33.0 Å². The zero-order chi connectivity index (χ0) is 10.8. The Balaban J connectivity index is 0. The molecule has 0 atom stereocenters. The second-order valence-corrected chi connectivity index (χ2v) is 3.83. The van der Waals surface area contributed by atoms with Gasteiger partial charge in [0, 0.05) is 37.2 Å². The van der Waals surface area contributed by atoms with Crippen LogP contribution in [0.25, 0.3) is 0 Å². The minimum atomic E-state index is 0. The maximum absolute atomic E-state index is 9.64. The van der Waals surface area contributed by atoms with E-state index in [1.807, 2.05) is 25.5 Å². The number of nitrogens with two attached hydrogens (primary N) is 1. The third-order valence-corrected chi connectivity index (χ3v) is 2.41. The third-order valence-electron chi connectivity index (χ3n) is 2.41. The quantitative estimate of drug-likeness (QED) is 0.554. The van der Waals surface area contributed by atoms with Gasteiger partial charge in [-0.15, -0.1) is 12.4 Å². The molecule has 6 heteroatoms. The zero-order valence-electron chi connectivity index (χ0n) is 9.51. The number of halogens is 2. The summed E-state index contributed by atoms with van der Waals surface area (Å²) >= 11 is 0. The van der Waals surface area contributed by atoms with E-state index in [-0.39, 0.29) is 32.2 Å². The van der Waals surface area contributed by atoms with Crippen LogP contribution in [0.4, 0.5) is 5.69 Å². The van der Waals surface area contributed by atoms with Crippen molar-refractivity contribution in [3.63, 3.8) is 0 Å². The number of anilines is 1. The van der Waals surface area contributed by atoms with Gasteiger partial charge in [-0.25, -0.2) is 0 Å². The van der Waals surface area contributed by atoms with Crippen LogP contribution in [0.15, 0.2) is 30.6 Å². The minimum Gasteiger partial charge on any atom is -1.00 e. The van der Waals surface area contributed by atoms with Crippen LogP contribution in [0.1, 0.15) is 13.0 Å². The van der Waals surface area contributed by atoms with E-state index in [4.69, 9.17) is 5.73 Å². The number of nitrogen functional groups attached to an aromatic ring is 1. The summed E-state index contributed by atoms with van der Waals surface area (Å²) in [6, 6.07) is 5.14. The molecule has 1 aliphatic heterocycles. The minimum absolute atomic E-state index is 0. The smallest absolute Gasteiger partial charge is 0.120 e. The lowest BCUT2D eigenvalue weighted by molar-refractivity contribution is -0.00000470. The van der Waals surface area contributed by atoms with Crippen LogP contribution in [-0.4, -0.2) is 28.6 Å². The molecular weight excluding hydrogens is 273 g/mol. The zero-order valence-corrected chi connectivity index (χ0v) is 11.1. The van der Waals surface area contributed by atoms with Crippen LogP contribution in [0, 0.1) is 0 Å². The standard InChI is InChI=1S/C11H15N3O.CH4.2ClH/c1-13-4-5-14(8-13)7-9-6-10(12)2-3-11(9)15;;;/h2-6,15H,7-8,12H2,1H3;1H4;2*1H/p-1. The van der Waals surface area contributed by atoms with Crippen molar-refractivity contribution in [3.05, 3.63) is 36.2 Å². The van der Waals surface area contributed by atoms with Crippen LogP contribution >= 0.6 is 12.4 Å². The van der Waals surface area contributed by atoms with E-state index in [0.29, 0.717) is 18.0 Å². The van der Waals surface area contributed by atoms with E-state index in [0.717, 1.165) is 12.2 Å². The van der Waals surface area contributed by atoms with Crippen molar-refractivity contribution in [2.45, 2.75) is 14.0 Å². The highest BCUT2D eigenvalue weighted by molar-refractivity contribution is 5.85. The van der Waals surface area contributed by atoms with E-state index in [9.17, 15) is 5.11 Å². The maximum atomic E-state index is 9.64. The molecule has 0 aliphatic carbocycles. The molecule has 0 spiro atoms. The Morgan fingerprint density at radius 1 is 1.33 bits per heavy atom. The number of phenols is 1. The summed E-state index contributed by atoms with van der Waals surface area (Å²) in [6.07, 6.45) is 4.01. The largest absolute Gasteiger partial charge is 1.00 e. The molecule has 1 heterocycles. The predicted octanol–water partition coefficient (Wildman–Crippen LogP) is -0.788. The first kappa shape index (κ1) is 19.1. The summed E-state index contributed by atoms with van der Waals surface area (Å²) in [5.74, 6) is 0.298. The van der Waals surface area contributed by atoms with Crippen molar-refractivity contribution in [3.8, 4) is 5.75 Å². The molecule has 18 heavy (non-hydrogen) atoms. The summed E-state index contributed by atoms with van der Waals surface area (Å²) in [4.78, 5) is 4.18. The Bertz CT molecular complexity index is 399. The Morgan fingerprint density at radius 2 is 2.00 bits per heavy atom. The lowest BCUT2D eigenvalue weighted by atomic mass is 10.1. The van der Waals surface area contributed by atoms with Crippen molar-refractivity contribution >= 4 is 18.1 Å². The van der Waals surface area contributed by atoms with Crippen LogP contribution < -0.4 is 18.1 Å². The van der Waals surface area contributed by atoms with Gasteiger partial charge in [-0.3, -0.25) is 0 Å². The molecule has 104 valence electrons. The average molecular weight is 293 g/mol. The molecule has 1 aliphatic rings. The predicted molar refractivity (Wildman–Crippen MR) is 73.8 cm³/mol. The van der Waals surface area contributed by atoms with E-state index >= 15 is 0 Å². The molecule has 0 amide bonds. The van der Waals surface area contributed by atoms with Gasteiger partial charge in [-0.05, 0) is 18.2 Å². The molecule has 3 N–H and O–H groups in total.